The number of morpholine rings is 1. The van der Waals surface area contributed by atoms with Crippen LogP contribution >= 0.6 is 11.6 Å². The third kappa shape index (κ3) is 3.60. The number of aryl methyl sites for hydroxylation is 1. The second-order valence-corrected chi connectivity index (χ2v) is 5.64. The number of carbonyl (C=O) groups excluding carboxylic acids is 1. The molecule has 7 heteroatoms. The van der Waals surface area contributed by atoms with E-state index in [9.17, 15) is 4.79 Å². The van der Waals surface area contributed by atoms with Crippen molar-refractivity contribution in [2.75, 3.05) is 36.5 Å². The summed E-state index contributed by atoms with van der Waals surface area (Å²) >= 11 is 6.35. The van der Waals surface area contributed by atoms with Crippen LogP contribution in [-0.4, -0.2) is 42.2 Å². The lowest BCUT2D eigenvalue weighted by Crippen LogP contribution is -2.37. The zero-order valence-corrected chi connectivity index (χ0v) is 13.5. The number of nitrogens with zero attached hydrogens (tertiary/aromatic N) is 3. The normalized spacial score (nSPS) is 14.6. The first-order valence-electron chi connectivity index (χ1n) is 7.36. The fourth-order valence-electron chi connectivity index (χ4n) is 2.42. The molecule has 1 N–H and O–H groups in total. The maximum Gasteiger partial charge on any atom is 0.275 e. The van der Waals surface area contributed by atoms with Crippen LogP contribution in [0.15, 0.2) is 30.6 Å². The number of anilines is 2. The van der Waals surface area contributed by atoms with Gasteiger partial charge in [-0.2, -0.15) is 0 Å². The van der Waals surface area contributed by atoms with E-state index in [0.29, 0.717) is 23.9 Å². The molecule has 0 saturated carbocycles. The zero-order chi connectivity index (χ0) is 16.2. The molecule has 0 aliphatic carbocycles. The standard InChI is InChI=1S/C16H17ClN4O2/c1-11-9-19-14(10-18-11)16(22)20-13-4-2-3-12(17)15(13)21-5-7-23-8-6-21/h2-4,9-10H,5-8H2,1H3,(H,20,22). The molecule has 2 heterocycles. The van der Waals surface area contributed by atoms with E-state index in [-0.39, 0.29) is 11.6 Å². The van der Waals surface area contributed by atoms with Gasteiger partial charge >= 0.3 is 0 Å². The SMILES string of the molecule is Cc1cnc(C(=O)Nc2cccc(Cl)c2N2CCOCC2)cn1. The van der Waals surface area contributed by atoms with E-state index < -0.39 is 0 Å². The fraction of sp³-hybridized carbons (Fsp3) is 0.312. The fourth-order valence-corrected chi connectivity index (χ4v) is 2.71. The molecule has 1 aromatic carbocycles. The van der Waals surface area contributed by atoms with Crippen molar-refractivity contribution in [3.8, 4) is 0 Å². The summed E-state index contributed by atoms with van der Waals surface area (Å²) in [6, 6.07) is 5.45. The number of hydrogen-bond acceptors (Lipinski definition) is 5. The first kappa shape index (κ1) is 15.7. The predicted molar refractivity (Wildman–Crippen MR) is 89.2 cm³/mol. The largest absolute Gasteiger partial charge is 0.378 e. The van der Waals surface area contributed by atoms with Gasteiger partial charge in [0.25, 0.3) is 5.91 Å². The summed E-state index contributed by atoms with van der Waals surface area (Å²) in [5, 5.41) is 3.47. The van der Waals surface area contributed by atoms with E-state index in [1.54, 1.807) is 6.20 Å². The van der Waals surface area contributed by atoms with Crippen molar-refractivity contribution in [1.82, 2.24) is 9.97 Å². The number of para-hydroxylation sites is 1. The van der Waals surface area contributed by atoms with Crippen molar-refractivity contribution in [1.29, 1.82) is 0 Å². The van der Waals surface area contributed by atoms with Crippen LogP contribution in [0.1, 0.15) is 16.2 Å². The average molecular weight is 333 g/mol. The monoisotopic (exact) mass is 332 g/mol. The number of carbonyl (C=O) groups is 1. The zero-order valence-electron chi connectivity index (χ0n) is 12.8. The van der Waals surface area contributed by atoms with Gasteiger partial charge in [-0.05, 0) is 19.1 Å². The third-order valence-corrected chi connectivity index (χ3v) is 3.88. The van der Waals surface area contributed by atoms with Crippen LogP contribution < -0.4 is 10.2 Å². The number of ether oxygens (including phenoxy) is 1. The quantitative estimate of drug-likeness (QED) is 0.935. The van der Waals surface area contributed by atoms with Gasteiger partial charge in [-0.3, -0.25) is 9.78 Å². The number of amides is 1. The van der Waals surface area contributed by atoms with Gasteiger partial charge in [0.15, 0.2) is 0 Å². The molecule has 1 amide bonds. The summed E-state index contributed by atoms with van der Waals surface area (Å²) in [5.74, 6) is -0.311. The molecule has 120 valence electrons. The Morgan fingerprint density at radius 3 is 2.74 bits per heavy atom. The summed E-state index contributed by atoms with van der Waals surface area (Å²) in [6.45, 7) is 4.57. The Morgan fingerprint density at radius 2 is 2.04 bits per heavy atom. The molecule has 1 aliphatic rings. The summed E-state index contributed by atoms with van der Waals surface area (Å²) in [6.07, 6.45) is 3.03. The lowest BCUT2D eigenvalue weighted by atomic mass is 10.2. The van der Waals surface area contributed by atoms with E-state index in [0.717, 1.165) is 24.5 Å². The molecule has 1 saturated heterocycles. The Labute approximate surface area is 139 Å². The van der Waals surface area contributed by atoms with Crippen LogP contribution in [-0.2, 0) is 4.74 Å². The van der Waals surface area contributed by atoms with Crippen LogP contribution in [0.3, 0.4) is 0 Å². The van der Waals surface area contributed by atoms with Crippen molar-refractivity contribution in [2.24, 2.45) is 0 Å². The Kier molecular flexibility index (Phi) is 4.73. The molecule has 0 spiro atoms. The first-order valence-corrected chi connectivity index (χ1v) is 7.74. The molecular formula is C16H17ClN4O2. The molecule has 0 radical (unpaired) electrons. The molecule has 3 rings (SSSR count). The van der Waals surface area contributed by atoms with Crippen molar-refractivity contribution in [3.63, 3.8) is 0 Å². The number of hydrogen-bond donors (Lipinski definition) is 1. The van der Waals surface area contributed by atoms with E-state index in [1.807, 2.05) is 25.1 Å². The Morgan fingerprint density at radius 1 is 1.26 bits per heavy atom. The molecule has 1 aliphatic heterocycles. The van der Waals surface area contributed by atoms with Gasteiger partial charge in [-0.25, -0.2) is 4.98 Å². The molecule has 0 unspecified atom stereocenters. The molecule has 1 aromatic heterocycles. The van der Waals surface area contributed by atoms with Gasteiger partial charge in [0.05, 0.1) is 41.5 Å². The lowest BCUT2D eigenvalue weighted by molar-refractivity contribution is 0.102. The maximum atomic E-state index is 12.4. The maximum absolute atomic E-state index is 12.4. The van der Waals surface area contributed by atoms with Crippen LogP contribution in [0.4, 0.5) is 11.4 Å². The number of aromatic nitrogens is 2. The first-order chi connectivity index (χ1) is 11.1. The van der Waals surface area contributed by atoms with Crippen molar-refractivity contribution < 1.29 is 9.53 Å². The average Bonchev–Trinajstić information content (AvgIpc) is 2.56. The van der Waals surface area contributed by atoms with Gasteiger partial charge in [0, 0.05) is 19.3 Å². The van der Waals surface area contributed by atoms with E-state index in [4.69, 9.17) is 16.3 Å². The van der Waals surface area contributed by atoms with E-state index >= 15 is 0 Å². The van der Waals surface area contributed by atoms with Gasteiger partial charge in [-0.15, -0.1) is 0 Å². The third-order valence-electron chi connectivity index (χ3n) is 3.58. The van der Waals surface area contributed by atoms with Crippen molar-refractivity contribution in [3.05, 3.63) is 47.0 Å². The molecule has 6 nitrogen and oxygen atoms in total. The summed E-state index contributed by atoms with van der Waals surface area (Å²) in [7, 11) is 0. The predicted octanol–water partition coefficient (Wildman–Crippen LogP) is 2.53. The van der Waals surface area contributed by atoms with Crippen molar-refractivity contribution in [2.45, 2.75) is 6.92 Å². The van der Waals surface area contributed by atoms with Crippen LogP contribution in [0, 0.1) is 6.92 Å². The Hall–Kier alpha value is -2.18. The smallest absolute Gasteiger partial charge is 0.275 e. The minimum absolute atomic E-state index is 0.267. The second kappa shape index (κ2) is 6.93. The summed E-state index contributed by atoms with van der Waals surface area (Å²) in [5.41, 5.74) is 2.50. The van der Waals surface area contributed by atoms with Crippen LogP contribution in [0.25, 0.3) is 0 Å². The van der Waals surface area contributed by atoms with Gasteiger partial charge < -0.3 is 15.0 Å². The number of nitrogens with one attached hydrogen (secondary N) is 1. The van der Waals surface area contributed by atoms with Gasteiger partial charge in [0.2, 0.25) is 0 Å². The molecular weight excluding hydrogens is 316 g/mol. The molecule has 2 aromatic rings. The topological polar surface area (TPSA) is 67.4 Å². The van der Waals surface area contributed by atoms with E-state index in [2.05, 4.69) is 20.2 Å². The Bertz CT molecular complexity index is 700. The summed E-state index contributed by atoms with van der Waals surface area (Å²) in [4.78, 5) is 22.7. The molecule has 0 bridgehead atoms. The highest BCUT2D eigenvalue weighted by atomic mass is 35.5. The minimum atomic E-state index is -0.311. The number of halogens is 1. The Balaban J connectivity index is 1.86. The number of rotatable bonds is 3. The molecule has 0 atom stereocenters. The number of benzene rings is 1. The highest BCUT2D eigenvalue weighted by Crippen LogP contribution is 2.34. The minimum Gasteiger partial charge on any atom is -0.378 e. The van der Waals surface area contributed by atoms with Crippen LogP contribution in [0.2, 0.25) is 5.02 Å². The highest BCUT2D eigenvalue weighted by Gasteiger charge is 2.19. The van der Waals surface area contributed by atoms with Crippen LogP contribution in [0.5, 0.6) is 0 Å². The highest BCUT2D eigenvalue weighted by molar-refractivity contribution is 6.34. The molecule has 23 heavy (non-hydrogen) atoms. The van der Waals surface area contributed by atoms with Crippen molar-refractivity contribution >= 4 is 28.9 Å². The van der Waals surface area contributed by atoms with Gasteiger partial charge in [-0.1, -0.05) is 17.7 Å². The molecule has 1 fully saturated rings. The summed E-state index contributed by atoms with van der Waals surface area (Å²) < 4.78 is 5.37. The van der Waals surface area contributed by atoms with E-state index in [1.165, 1.54) is 6.20 Å². The lowest BCUT2D eigenvalue weighted by Gasteiger charge is -2.31. The second-order valence-electron chi connectivity index (χ2n) is 5.23. The van der Waals surface area contributed by atoms with Gasteiger partial charge in [0.1, 0.15) is 5.69 Å².